The molecule has 19 heavy (non-hydrogen) atoms. The lowest BCUT2D eigenvalue weighted by molar-refractivity contribution is -0.0491. The van der Waals surface area contributed by atoms with Crippen molar-refractivity contribution in [3.05, 3.63) is 42.4 Å². The Morgan fingerprint density at radius 2 is 2.37 bits per heavy atom. The molecule has 2 aromatic heterocycles. The van der Waals surface area contributed by atoms with Crippen molar-refractivity contribution >= 4 is 0 Å². The molecule has 2 N–H and O–H groups in total. The van der Waals surface area contributed by atoms with Gasteiger partial charge in [0, 0.05) is 19.4 Å². The van der Waals surface area contributed by atoms with Crippen molar-refractivity contribution in [3.8, 4) is 0 Å². The van der Waals surface area contributed by atoms with Crippen molar-refractivity contribution in [1.82, 2.24) is 14.9 Å². The van der Waals surface area contributed by atoms with Gasteiger partial charge in [-0.05, 0) is 12.1 Å². The number of alkyl halides is 2. The highest BCUT2D eigenvalue weighted by molar-refractivity contribution is 5.15. The molecule has 0 saturated carbocycles. The first-order valence-corrected chi connectivity index (χ1v) is 5.76. The van der Waals surface area contributed by atoms with Crippen LogP contribution in [0.5, 0.6) is 0 Å². The number of rotatable bonds is 6. The Bertz CT molecular complexity index is 511. The van der Waals surface area contributed by atoms with Crippen LogP contribution in [0.4, 0.5) is 8.78 Å². The maximum atomic E-state index is 13.1. The van der Waals surface area contributed by atoms with Crippen LogP contribution in [-0.4, -0.2) is 33.7 Å². The molecule has 0 amide bonds. The number of hydrogen-bond acceptors (Lipinski definition) is 4. The molecule has 1 atom stereocenters. The lowest BCUT2D eigenvalue weighted by Crippen LogP contribution is -2.38. The zero-order chi connectivity index (χ0) is 13.9. The fraction of sp³-hybridized carbons (Fsp3) is 0.417. The van der Waals surface area contributed by atoms with Crippen LogP contribution < -0.4 is 5.32 Å². The first kappa shape index (κ1) is 13.7. The highest BCUT2D eigenvalue weighted by atomic mass is 19.3. The lowest BCUT2D eigenvalue weighted by Gasteiger charge is -2.20. The predicted octanol–water partition coefficient (Wildman–Crippen LogP) is 1.32. The molecule has 5 nitrogen and oxygen atoms in total. The van der Waals surface area contributed by atoms with Crippen molar-refractivity contribution in [2.45, 2.75) is 12.0 Å². The normalized spacial score (nSPS) is 13.7. The quantitative estimate of drug-likeness (QED) is 0.831. The van der Waals surface area contributed by atoms with Crippen LogP contribution in [0.2, 0.25) is 0 Å². The molecule has 0 radical (unpaired) electrons. The average molecular weight is 271 g/mol. The standard InChI is InChI=1S/C12H15F2N3O2/c1-17-5-4-15-11(17)10(9-3-2-6-19-9)16-7-12(13,14)8-18/h2-6,10,16,18H,7-8H2,1H3. The van der Waals surface area contributed by atoms with Crippen LogP contribution in [0, 0.1) is 0 Å². The Labute approximate surface area is 108 Å². The van der Waals surface area contributed by atoms with E-state index in [-0.39, 0.29) is 0 Å². The number of nitrogens with one attached hydrogen (secondary N) is 1. The smallest absolute Gasteiger partial charge is 0.282 e. The van der Waals surface area contributed by atoms with Gasteiger partial charge in [-0.3, -0.25) is 5.32 Å². The van der Waals surface area contributed by atoms with Crippen molar-refractivity contribution in [2.24, 2.45) is 7.05 Å². The number of nitrogens with zero attached hydrogens (tertiary/aromatic N) is 2. The van der Waals surface area contributed by atoms with E-state index in [9.17, 15) is 8.78 Å². The van der Waals surface area contributed by atoms with Gasteiger partial charge in [-0.1, -0.05) is 0 Å². The minimum atomic E-state index is -3.18. The molecule has 2 heterocycles. The zero-order valence-electron chi connectivity index (χ0n) is 10.4. The minimum absolute atomic E-state index is 0.489. The Kier molecular flexibility index (Phi) is 3.96. The molecule has 0 aliphatic carbocycles. The van der Waals surface area contributed by atoms with Gasteiger partial charge in [-0.2, -0.15) is 0 Å². The molecule has 0 spiro atoms. The highest BCUT2D eigenvalue weighted by Gasteiger charge is 2.30. The topological polar surface area (TPSA) is 63.2 Å². The van der Waals surface area contributed by atoms with Gasteiger partial charge in [0.1, 0.15) is 24.2 Å². The summed E-state index contributed by atoms with van der Waals surface area (Å²) in [6, 6.07) is 2.77. The maximum Gasteiger partial charge on any atom is 0.282 e. The van der Waals surface area contributed by atoms with Crippen molar-refractivity contribution < 1.29 is 18.3 Å². The number of aliphatic hydroxyl groups is 1. The summed E-state index contributed by atoms with van der Waals surface area (Å²) in [4.78, 5) is 4.13. The number of imidazole rings is 1. The van der Waals surface area contributed by atoms with Crippen molar-refractivity contribution in [1.29, 1.82) is 0 Å². The molecule has 1 unspecified atom stereocenters. The number of aromatic nitrogens is 2. The van der Waals surface area contributed by atoms with Crippen LogP contribution in [0.1, 0.15) is 17.6 Å². The SMILES string of the molecule is Cn1ccnc1C(NCC(F)(F)CO)c1ccco1. The van der Waals surface area contributed by atoms with Crippen molar-refractivity contribution in [3.63, 3.8) is 0 Å². The molecule has 104 valence electrons. The summed E-state index contributed by atoms with van der Waals surface area (Å²) in [7, 11) is 1.77. The van der Waals surface area contributed by atoms with Gasteiger partial charge in [0.05, 0.1) is 12.8 Å². The molecule has 2 aromatic rings. The number of halogens is 2. The molecule has 0 fully saturated rings. The van der Waals surface area contributed by atoms with Gasteiger partial charge < -0.3 is 14.1 Å². The minimum Gasteiger partial charge on any atom is -0.467 e. The van der Waals surface area contributed by atoms with E-state index in [0.717, 1.165) is 0 Å². The van der Waals surface area contributed by atoms with E-state index >= 15 is 0 Å². The second-order valence-corrected chi connectivity index (χ2v) is 4.24. The molecular weight excluding hydrogens is 256 g/mol. The van der Waals surface area contributed by atoms with E-state index in [1.54, 1.807) is 36.1 Å². The Balaban J connectivity index is 2.19. The third kappa shape index (κ3) is 3.18. The Morgan fingerprint density at radius 1 is 1.58 bits per heavy atom. The monoisotopic (exact) mass is 271 g/mol. The number of aliphatic hydroxyl groups excluding tert-OH is 1. The van der Waals surface area contributed by atoms with E-state index in [0.29, 0.717) is 11.6 Å². The van der Waals surface area contributed by atoms with Crippen LogP contribution in [0.3, 0.4) is 0 Å². The first-order chi connectivity index (χ1) is 9.03. The predicted molar refractivity (Wildman–Crippen MR) is 63.8 cm³/mol. The zero-order valence-corrected chi connectivity index (χ0v) is 10.4. The summed E-state index contributed by atoms with van der Waals surface area (Å²) in [5, 5.41) is 11.3. The van der Waals surface area contributed by atoms with E-state index in [2.05, 4.69) is 10.3 Å². The lowest BCUT2D eigenvalue weighted by atomic mass is 10.2. The highest BCUT2D eigenvalue weighted by Crippen LogP contribution is 2.22. The van der Waals surface area contributed by atoms with Gasteiger partial charge in [0.2, 0.25) is 0 Å². The van der Waals surface area contributed by atoms with E-state index in [1.807, 2.05) is 0 Å². The fourth-order valence-corrected chi connectivity index (χ4v) is 1.74. The fourth-order valence-electron chi connectivity index (χ4n) is 1.74. The summed E-state index contributed by atoms with van der Waals surface area (Å²) in [5.41, 5.74) is 0. The Hall–Kier alpha value is -1.73. The molecule has 0 aliphatic heterocycles. The van der Waals surface area contributed by atoms with Gasteiger partial charge in [0.25, 0.3) is 5.92 Å². The summed E-state index contributed by atoms with van der Waals surface area (Å²) < 4.78 is 33.2. The summed E-state index contributed by atoms with van der Waals surface area (Å²) >= 11 is 0. The second-order valence-electron chi connectivity index (χ2n) is 4.24. The molecule has 0 aliphatic rings. The summed E-state index contributed by atoms with van der Waals surface area (Å²) in [6.45, 7) is -1.87. The van der Waals surface area contributed by atoms with Crippen molar-refractivity contribution in [2.75, 3.05) is 13.2 Å². The number of hydrogen-bond donors (Lipinski definition) is 2. The maximum absolute atomic E-state index is 13.1. The molecule has 0 saturated heterocycles. The number of furan rings is 1. The molecule has 2 rings (SSSR count). The van der Waals surface area contributed by atoms with Crippen LogP contribution in [0.25, 0.3) is 0 Å². The van der Waals surface area contributed by atoms with E-state index < -0.39 is 25.1 Å². The third-order valence-corrected chi connectivity index (χ3v) is 2.74. The van der Waals surface area contributed by atoms with Crippen LogP contribution in [0.15, 0.2) is 35.2 Å². The molecule has 0 bridgehead atoms. The molecule has 7 heteroatoms. The largest absolute Gasteiger partial charge is 0.467 e. The van der Waals surface area contributed by atoms with E-state index in [4.69, 9.17) is 9.52 Å². The number of aryl methyl sites for hydroxylation is 1. The average Bonchev–Trinajstić information content (AvgIpc) is 3.02. The van der Waals surface area contributed by atoms with Gasteiger partial charge >= 0.3 is 0 Å². The van der Waals surface area contributed by atoms with Gasteiger partial charge in [0.15, 0.2) is 0 Å². The Morgan fingerprint density at radius 3 is 2.89 bits per heavy atom. The third-order valence-electron chi connectivity index (χ3n) is 2.74. The summed E-state index contributed by atoms with van der Waals surface area (Å²) in [6.07, 6.45) is 4.77. The molecule has 0 aromatic carbocycles. The van der Waals surface area contributed by atoms with E-state index in [1.165, 1.54) is 6.26 Å². The first-order valence-electron chi connectivity index (χ1n) is 5.76. The summed E-state index contributed by atoms with van der Waals surface area (Å²) in [5.74, 6) is -2.14. The van der Waals surface area contributed by atoms with Gasteiger partial charge in [-0.15, -0.1) is 0 Å². The van der Waals surface area contributed by atoms with Crippen LogP contribution >= 0.6 is 0 Å². The van der Waals surface area contributed by atoms with Gasteiger partial charge in [-0.25, -0.2) is 13.8 Å². The molecular formula is C12H15F2N3O2. The van der Waals surface area contributed by atoms with Crippen LogP contribution in [-0.2, 0) is 7.05 Å². The second kappa shape index (κ2) is 5.50.